The van der Waals surface area contributed by atoms with Crippen molar-refractivity contribution in [3.05, 3.63) is 0 Å². The van der Waals surface area contributed by atoms with Crippen molar-refractivity contribution >= 4 is 16.2 Å². The summed E-state index contributed by atoms with van der Waals surface area (Å²) >= 11 is 0. The molecule has 1 saturated heterocycles. The zero-order chi connectivity index (χ0) is 11.8. The molecule has 1 heterocycles. The molecule has 2 rings (SSSR count). The van der Waals surface area contributed by atoms with Crippen LogP contribution in [0.1, 0.15) is 25.7 Å². The van der Waals surface area contributed by atoms with Crippen LogP contribution < -0.4 is 0 Å². The Bertz CT molecular complexity index is 371. The molecule has 0 spiro atoms. The fourth-order valence-corrected chi connectivity index (χ4v) is 3.84. The van der Waals surface area contributed by atoms with Crippen LogP contribution in [-0.4, -0.2) is 53.8 Å². The van der Waals surface area contributed by atoms with Crippen LogP contribution in [-0.2, 0) is 15.0 Å². The van der Waals surface area contributed by atoms with Gasteiger partial charge >= 0.3 is 5.97 Å². The van der Waals surface area contributed by atoms with E-state index < -0.39 is 22.7 Å². The molecule has 6 nitrogen and oxygen atoms in total. The van der Waals surface area contributed by atoms with Gasteiger partial charge in [-0.25, -0.2) is 0 Å². The quantitative estimate of drug-likeness (QED) is 0.735. The predicted octanol–water partition coefficient (Wildman–Crippen LogP) is -0.124. The molecule has 0 aromatic carbocycles. The molecule has 7 heteroatoms. The lowest BCUT2D eigenvalue weighted by Gasteiger charge is -2.25. The van der Waals surface area contributed by atoms with Crippen LogP contribution in [0.4, 0.5) is 0 Å². The van der Waals surface area contributed by atoms with E-state index in [1.807, 2.05) is 0 Å². The molecule has 16 heavy (non-hydrogen) atoms. The molecule has 1 saturated carbocycles. The first-order valence-corrected chi connectivity index (χ1v) is 6.90. The molecule has 92 valence electrons. The fraction of sp³-hybridized carbons (Fsp3) is 0.889. The lowest BCUT2D eigenvalue weighted by Crippen LogP contribution is -2.45. The lowest BCUT2D eigenvalue weighted by molar-refractivity contribution is -0.137. The van der Waals surface area contributed by atoms with E-state index in [2.05, 4.69) is 0 Å². The van der Waals surface area contributed by atoms with Gasteiger partial charge in [-0.3, -0.25) is 4.79 Å². The number of carboxylic acids is 1. The Morgan fingerprint density at radius 3 is 2.31 bits per heavy atom. The highest BCUT2D eigenvalue weighted by Crippen LogP contribution is 2.31. The zero-order valence-electron chi connectivity index (χ0n) is 9.00. The average Bonchev–Trinajstić information content (AvgIpc) is 2.86. The van der Waals surface area contributed by atoms with Crippen LogP contribution in [0.15, 0.2) is 0 Å². The van der Waals surface area contributed by atoms with Gasteiger partial charge in [-0.05, 0) is 25.7 Å². The van der Waals surface area contributed by atoms with Crippen molar-refractivity contribution in [3.8, 4) is 0 Å². The van der Waals surface area contributed by atoms with Gasteiger partial charge in [0.15, 0.2) is 0 Å². The summed E-state index contributed by atoms with van der Waals surface area (Å²) < 4.78 is 26.8. The highest BCUT2D eigenvalue weighted by molar-refractivity contribution is 7.86. The Morgan fingerprint density at radius 2 is 1.88 bits per heavy atom. The molecular formula is C9H16N2O4S. The van der Waals surface area contributed by atoms with Crippen molar-refractivity contribution in [3.63, 3.8) is 0 Å². The summed E-state index contributed by atoms with van der Waals surface area (Å²) in [6.45, 7) is 0.625. The monoisotopic (exact) mass is 248 g/mol. The van der Waals surface area contributed by atoms with Gasteiger partial charge < -0.3 is 5.11 Å². The van der Waals surface area contributed by atoms with Crippen LogP contribution >= 0.6 is 0 Å². The SMILES string of the molecule is O=C(O)CN(C1CC1)S(=O)(=O)N1CCCC1. The number of hydrogen-bond acceptors (Lipinski definition) is 3. The number of carbonyl (C=O) groups is 1. The Hall–Kier alpha value is -0.660. The highest BCUT2D eigenvalue weighted by atomic mass is 32.2. The summed E-state index contributed by atoms with van der Waals surface area (Å²) in [6, 6.07) is -0.0956. The molecule has 0 aromatic heterocycles. The van der Waals surface area contributed by atoms with Crippen molar-refractivity contribution in [2.75, 3.05) is 19.6 Å². The Kier molecular flexibility index (Phi) is 3.18. The van der Waals surface area contributed by atoms with Crippen molar-refractivity contribution in [2.24, 2.45) is 0 Å². The minimum atomic E-state index is -3.55. The fourth-order valence-electron chi connectivity index (χ4n) is 1.96. The van der Waals surface area contributed by atoms with Crippen LogP contribution in [0.2, 0.25) is 0 Å². The van der Waals surface area contributed by atoms with E-state index in [4.69, 9.17) is 5.11 Å². The molecule has 0 bridgehead atoms. The second-order valence-electron chi connectivity index (χ2n) is 4.28. The molecule has 0 unspecified atom stereocenters. The summed E-state index contributed by atoms with van der Waals surface area (Å²) in [5.74, 6) is -1.09. The van der Waals surface area contributed by atoms with E-state index in [9.17, 15) is 13.2 Å². The summed E-state index contributed by atoms with van der Waals surface area (Å²) in [7, 11) is -3.55. The van der Waals surface area contributed by atoms with Gasteiger partial charge in [-0.2, -0.15) is 17.0 Å². The molecule has 2 aliphatic rings. The second kappa shape index (κ2) is 4.31. The van der Waals surface area contributed by atoms with Crippen LogP contribution in [0.5, 0.6) is 0 Å². The number of nitrogens with zero attached hydrogens (tertiary/aromatic N) is 2. The van der Waals surface area contributed by atoms with E-state index in [1.54, 1.807) is 0 Å². The number of aliphatic carboxylic acids is 1. The Balaban J connectivity index is 2.13. The molecule has 0 radical (unpaired) electrons. The van der Waals surface area contributed by atoms with E-state index in [1.165, 1.54) is 4.31 Å². The molecule has 2 fully saturated rings. The molecule has 0 amide bonds. The standard InChI is InChI=1S/C9H16N2O4S/c12-9(13)7-11(8-3-4-8)16(14,15)10-5-1-2-6-10/h8H,1-7H2,(H,12,13). The zero-order valence-corrected chi connectivity index (χ0v) is 9.82. The number of carboxylic acid groups (broad SMARTS) is 1. The van der Waals surface area contributed by atoms with Gasteiger partial charge in [0.05, 0.1) is 0 Å². The smallest absolute Gasteiger partial charge is 0.318 e. The highest BCUT2D eigenvalue weighted by Gasteiger charge is 2.41. The average molecular weight is 248 g/mol. The van der Waals surface area contributed by atoms with Crippen molar-refractivity contribution in [2.45, 2.75) is 31.7 Å². The van der Waals surface area contributed by atoms with E-state index in [0.29, 0.717) is 13.1 Å². The van der Waals surface area contributed by atoms with E-state index in [-0.39, 0.29) is 6.04 Å². The van der Waals surface area contributed by atoms with Crippen LogP contribution in [0, 0.1) is 0 Å². The third-order valence-corrected chi connectivity index (χ3v) is 4.97. The van der Waals surface area contributed by atoms with Gasteiger partial charge in [0, 0.05) is 19.1 Å². The maximum Gasteiger partial charge on any atom is 0.318 e. The van der Waals surface area contributed by atoms with Gasteiger partial charge in [0.1, 0.15) is 6.54 Å². The number of hydrogen-bond donors (Lipinski definition) is 1. The van der Waals surface area contributed by atoms with Crippen LogP contribution in [0.3, 0.4) is 0 Å². The third kappa shape index (κ3) is 2.36. The minimum Gasteiger partial charge on any atom is -0.480 e. The van der Waals surface area contributed by atoms with E-state index in [0.717, 1.165) is 30.0 Å². The van der Waals surface area contributed by atoms with Crippen molar-refractivity contribution in [1.82, 2.24) is 8.61 Å². The molecular weight excluding hydrogens is 232 g/mol. The maximum absolute atomic E-state index is 12.1. The molecule has 1 aliphatic carbocycles. The minimum absolute atomic E-state index is 0.0956. The summed E-state index contributed by atoms with van der Waals surface area (Å²) in [5.41, 5.74) is 0. The topological polar surface area (TPSA) is 77.9 Å². The first-order chi connectivity index (χ1) is 7.51. The first-order valence-electron chi connectivity index (χ1n) is 5.50. The van der Waals surface area contributed by atoms with Gasteiger partial charge in [0.2, 0.25) is 0 Å². The predicted molar refractivity (Wildman–Crippen MR) is 57.1 cm³/mol. The van der Waals surface area contributed by atoms with Gasteiger partial charge in [0.25, 0.3) is 10.2 Å². The molecule has 0 aromatic rings. The van der Waals surface area contributed by atoms with Crippen molar-refractivity contribution in [1.29, 1.82) is 0 Å². The van der Waals surface area contributed by atoms with E-state index >= 15 is 0 Å². The van der Waals surface area contributed by atoms with Gasteiger partial charge in [-0.1, -0.05) is 0 Å². The summed E-state index contributed by atoms with van der Waals surface area (Å²) in [5, 5.41) is 8.74. The summed E-state index contributed by atoms with van der Waals surface area (Å²) in [6.07, 6.45) is 3.29. The number of rotatable bonds is 5. The molecule has 1 aliphatic heterocycles. The maximum atomic E-state index is 12.1. The normalized spacial score (nSPS) is 22.8. The lowest BCUT2D eigenvalue weighted by atomic mass is 10.4. The summed E-state index contributed by atoms with van der Waals surface area (Å²) in [4.78, 5) is 10.7. The van der Waals surface area contributed by atoms with Crippen LogP contribution in [0.25, 0.3) is 0 Å². The van der Waals surface area contributed by atoms with Crippen molar-refractivity contribution < 1.29 is 18.3 Å². The second-order valence-corrected chi connectivity index (χ2v) is 6.17. The first kappa shape index (κ1) is 11.8. The Morgan fingerprint density at radius 1 is 1.31 bits per heavy atom. The van der Waals surface area contributed by atoms with Gasteiger partial charge in [-0.15, -0.1) is 0 Å². The third-order valence-electron chi connectivity index (χ3n) is 2.93. The molecule has 0 atom stereocenters. The Labute approximate surface area is 95.0 Å². The largest absolute Gasteiger partial charge is 0.480 e. The molecule has 1 N–H and O–H groups in total.